The molecule has 2 amide bonds. The Labute approximate surface area is 175 Å². The number of carbonyl (C=O) groups excluding carboxylic acids is 2. The summed E-state index contributed by atoms with van der Waals surface area (Å²) in [5.74, 6) is 0.850. The molecule has 0 radical (unpaired) electrons. The largest absolute Gasteiger partial charge is 0.395 e. The standard InChI is InChI=1S/C18H22N2O3S.C3H8S/c21-11-10-19-17(23)18(8-4-1-5-9-18)20-16(22)15-12-13-6-2-3-7-14(13)24-15;1-3-4-2/h2-3,6-7,12,21H,1,4-5,8-11H2,(H,19,23)(H,20,22);3H2,1-2H3. The first kappa shape index (κ1) is 22.7. The van der Waals surface area contributed by atoms with Gasteiger partial charge >= 0.3 is 0 Å². The summed E-state index contributed by atoms with van der Waals surface area (Å²) in [4.78, 5) is 25.9. The van der Waals surface area contributed by atoms with Crippen molar-refractivity contribution in [2.24, 2.45) is 0 Å². The van der Waals surface area contributed by atoms with Gasteiger partial charge in [-0.15, -0.1) is 11.3 Å². The van der Waals surface area contributed by atoms with Crippen molar-refractivity contribution in [3.63, 3.8) is 0 Å². The van der Waals surface area contributed by atoms with Crippen LogP contribution in [0.3, 0.4) is 0 Å². The summed E-state index contributed by atoms with van der Waals surface area (Å²) in [6.45, 7) is 2.25. The Morgan fingerprint density at radius 3 is 2.50 bits per heavy atom. The molecule has 0 aliphatic heterocycles. The molecule has 7 heteroatoms. The van der Waals surface area contributed by atoms with Crippen LogP contribution in [-0.2, 0) is 4.79 Å². The second-order valence-corrected chi connectivity index (χ2v) is 9.04. The number of aliphatic hydroxyl groups is 1. The minimum absolute atomic E-state index is 0.105. The van der Waals surface area contributed by atoms with Crippen LogP contribution in [0.4, 0.5) is 0 Å². The van der Waals surface area contributed by atoms with Gasteiger partial charge in [0.25, 0.3) is 5.91 Å². The van der Waals surface area contributed by atoms with Crippen LogP contribution >= 0.6 is 23.1 Å². The zero-order valence-corrected chi connectivity index (χ0v) is 18.3. The van der Waals surface area contributed by atoms with E-state index in [1.54, 1.807) is 0 Å². The SMILES string of the molecule is CCSC.O=C(NC1(C(=O)NCCO)CCCCC1)c1cc2ccccc2s1. The number of fused-ring (bicyclic) bond motifs is 1. The van der Waals surface area contributed by atoms with Gasteiger partial charge in [0.05, 0.1) is 11.5 Å². The smallest absolute Gasteiger partial charge is 0.262 e. The van der Waals surface area contributed by atoms with E-state index in [-0.39, 0.29) is 25.0 Å². The number of carbonyl (C=O) groups is 2. The van der Waals surface area contributed by atoms with E-state index in [2.05, 4.69) is 23.8 Å². The molecule has 154 valence electrons. The van der Waals surface area contributed by atoms with Gasteiger partial charge in [0, 0.05) is 11.2 Å². The predicted molar refractivity (Wildman–Crippen MR) is 119 cm³/mol. The highest BCUT2D eigenvalue weighted by atomic mass is 32.2. The molecule has 0 unspecified atom stereocenters. The van der Waals surface area contributed by atoms with Crippen LogP contribution < -0.4 is 10.6 Å². The zero-order valence-electron chi connectivity index (χ0n) is 16.6. The number of thioether (sulfide) groups is 1. The van der Waals surface area contributed by atoms with Crippen LogP contribution in [0.5, 0.6) is 0 Å². The average molecular weight is 423 g/mol. The fourth-order valence-electron chi connectivity index (χ4n) is 3.28. The summed E-state index contributed by atoms with van der Waals surface area (Å²) < 4.78 is 1.06. The van der Waals surface area contributed by atoms with E-state index in [1.165, 1.54) is 17.1 Å². The Morgan fingerprint density at radius 1 is 1.21 bits per heavy atom. The summed E-state index contributed by atoms with van der Waals surface area (Å²) in [6.07, 6.45) is 6.29. The van der Waals surface area contributed by atoms with Crippen molar-refractivity contribution >= 4 is 45.0 Å². The van der Waals surface area contributed by atoms with E-state index in [0.717, 1.165) is 29.3 Å². The summed E-state index contributed by atoms with van der Waals surface area (Å²) in [7, 11) is 0. The number of thiophene rings is 1. The van der Waals surface area contributed by atoms with Crippen LogP contribution in [0.15, 0.2) is 30.3 Å². The number of hydrogen-bond donors (Lipinski definition) is 3. The topological polar surface area (TPSA) is 78.4 Å². The van der Waals surface area contributed by atoms with Crippen molar-refractivity contribution in [1.82, 2.24) is 10.6 Å². The van der Waals surface area contributed by atoms with Crippen LogP contribution in [0.1, 0.15) is 48.7 Å². The highest BCUT2D eigenvalue weighted by molar-refractivity contribution is 7.98. The Bertz CT molecular complexity index is 735. The predicted octanol–water partition coefficient (Wildman–Crippen LogP) is 3.81. The van der Waals surface area contributed by atoms with E-state index in [1.807, 2.05) is 42.1 Å². The van der Waals surface area contributed by atoms with Gasteiger partial charge in [-0.05, 0) is 42.4 Å². The molecule has 0 saturated heterocycles. The molecule has 0 bridgehead atoms. The molecule has 3 N–H and O–H groups in total. The fraction of sp³-hybridized carbons (Fsp3) is 0.524. The van der Waals surface area contributed by atoms with Crippen molar-refractivity contribution in [3.05, 3.63) is 35.2 Å². The first-order valence-corrected chi connectivity index (χ1v) is 12.0. The lowest BCUT2D eigenvalue weighted by Gasteiger charge is -2.36. The van der Waals surface area contributed by atoms with Crippen molar-refractivity contribution in [1.29, 1.82) is 0 Å². The fourth-order valence-corrected chi connectivity index (χ4v) is 4.23. The minimum atomic E-state index is -0.860. The third-order valence-corrected chi connectivity index (χ3v) is 6.52. The average Bonchev–Trinajstić information content (AvgIpc) is 3.17. The van der Waals surface area contributed by atoms with Crippen LogP contribution in [0, 0.1) is 0 Å². The van der Waals surface area contributed by atoms with Crippen molar-refractivity contribution in [3.8, 4) is 0 Å². The minimum Gasteiger partial charge on any atom is -0.395 e. The van der Waals surface area contributed by atoms with Gasteiger partial charge in [-0.25, -0.2) is 0 Å². The van der Waals surface area contributed by atoms with Gasteiger partial charge in [0.1, 0.15) is 5.54 Å². The normalized spacial score (nSPS) is 15.4. The van der Waals surface area contributed by atoms with E-state index in [9.17, 15) is 9.59 Å². The summed E-state index contributed by atoms with van der Waals surface area (Å²) in [5, 5.41) is 15.7. The lowest BCUT2D eigenvalue weighted by molar-refractivity contribution is -0.128. The molecule has 1 aromatic heterocycles. The zero-order chi connectivity index (χ0) is 20.4. The highest BCUT2D eigenvalue weighted by Gasteiger charge is 2.41. The first-order valence-electron chi connectivity index (χ1n) is 9.75. The number of aliphatic hydroxyl groups excluding tert-OH is 1. The van der Waals surface area contributed by atoms with Gasteiger partial charge in [0.15, 0.2) is 0 Å². The molecule has 1 saturated carbocycles. The second-order valence-electron chi connectivity index (χ2n) is 6.80. The van der Waals surface area contributed by atoms with E-state index >= 15 is 0 Å². The maximum absolute atomic E-state index is 12.7. The van der Waals surface area contributed by atoms with Gasteiger partial charge in [-0.1, -0.05) is 44.4 Å². The lowest BCUT2D eigenvalue weighted by atomic mass is 9.80. The van der Waals surface area contributed by atoms with Gasteiger partial charge in [0.2, 0.25) is 5.91 Å². The summed E-state index contributed by atoms with van der Waals surface area (Å²) in [5.41, 5.74) is -0.860. The van der Waals surface area contributed by atoms with Crippen LogP contribution in [0.25, 0.3) is 10.1 Å². The molecule has 3 rings (SSSR count). The number of rotatable bonds is 6. The van der Waals surface area contributed by atoms with E-state index in [4.69, 9.17) is 5.11 Å². The third-order valence-electron chi connectivity index (χ3n) is 4.83. The Hall–Kier alpha value is -1.57. The molecule has 1 heterocycles. The molecule has 1 aliphatic carbocycles. The summed E-state index contributed by atoms with van der Waals surface area (Å²) in [6, 6.07) is 9.73. The lowest BCUT2D eigenvalue weighted by Crippen LogP contribution is -2.59. The first-order chi connectivity index (χ1) is 13.6. The molecule has 28 heavy (non-hydrogen) atoms. The van der Waals surface area contributed by atoms with E-state index in [0.29, 0.717) is 17.7 Å². The molecular weight excluding hydrogens is 392 g/mol. The van der Waals surface area contributed by atoms with E-state index < -0.39 is 5.54 Å². The molecule has 0 atom stereocenters. The quantitative estimate of drug-likeness (QED) is 0.661. The van der Waals surface area contributed by atoms with Crippen molar-refractivity contribution in [2.45, 2.75) is 44.6 Å². The Morgan fingerprint density at radius 2 is 1.89 bits per heavy atom. The number of nitrogens with one attached hydrogen (secondary N) is 2. The third kappa shape index (κ3) is 5.96. The molecular formula is C21H30N2O3S2. The molecule has 1 aromatic carbocycles. The highest BCUT2D eigenvalue weighted by Crippen LogP contribution is 2.30. The molecule has 1 aliphatic rings. The summed E-state index contributed by atoms with van der Waals surface area (Å²) >= 11 is 3.29. The molecule has 1 fully saturated rings. The maximum Gasteiger partial charge on any atom is 0.262 e. The van der Waals surface area contributed by atoms with Gasteiger partial charge in [-0.2, -0.15) is 11.8 Å². The monoisotopic (exact) mass is 422 g/mol. The maximum atomic E-state index is 12.7. The van der Waals surface area contributed by atoms with Gasteiger partial charge in [-0.3, -0.25) is 9.59 Å². The molecule has 2 aromatic rings. The molecule has 0 spiro atoms. The van der Waals surface area contributed by atoms with Crippen molar-refractivity contribution in [2.75, 3.05) is 25.2 Å². The van der Waals surface area contributed by atoms with Crippen molar-refractivity contribution < 1.29 is 14.7 Å². The molecule has 5 nitrogen and oxygen atoms in total. The number of hydrogen-bond acceptors (Lipinski definition) is 5. The Balaban J connectivity index is 0.000000640. The van der Waals surface area contributed by atoms with Crippen LogP contribution in [-0.4, -0.2) is 47.6 Å². The second kappa shape index (κ2) is 11.4. The van der Waals surface area contributed by atoms with Crippen LogP contribution in [0.2, 0.25) is 0 Å². The Kier molecular flexibility index (Phi) is 9.28. The number of amides is 2. The number of benzene rings is 1. The van der Waals surface area contributed by atoms with Gasteiger partial charge < -0.3 is 15.7 Å².